The molecule has 6 heteroatoms. The van der Waals surface area contributed by atoms with Gasteiger partial charge in [-0.05, 0) is 17.9 Å². The van der Waals surface area contributed by atoms with E-state index in [1.165, 1.54) is 11.8 Å². The van der Waals surface area contributed by atoms with Gasteiger partial charge in [0.2, 0.25) is 0 Å². The van der Waals surface area contributed by atoms with Crippen LogP contribution in [0.3, 0.4) is 0 Å². The largest absolute Gasteiger partial charge is 0.373 e. The Bertz CT molecular complexity index is 569. The SMILES string of the molecule is CNc1cc(N(C)Cc2ccccc2Cl)nc(SC)n1. The predicted octanol–water partition coefficient (Wildman–Crippen LogP) is 3.53. The Kier molecular flexibility index (Phi) is 5.09. The van der Waals surface area contributed by atoms with Gasteiger partial charge in [0.25, 0.3) is 0 Å². The van der Waals surface area contributed by atoms with Crippen LogP contribution in [-0.2, 0) is 6.54 Å². The number of hydrogen-bond donors (Lipinski definition) is 1. The first-order valence-electron chi connectivity index (χ1n) is 6.19. The van der Waals surface area contributed by atoms with Crippen LogP contribution in [0.4, 0.5) is 11.6 Å². The summed E-state index contributed by atoms with van der Waals surface area (Å²) in [4.78, 5) is 10.9. The molecule has 0 saturated carbocycles. The topological polar surface area (TPSA) is 41.0 Å². The molecule has 0 aliphatic rings. The highest BCUT2D eigenvalue weighted by molar-refractivity contribution is 7.98. The number of thioether (sulfide) groups is 1. The second-order valence-corrected chi connectivity index (χ2v) is 5.48. The van der Waals surface area contributed by atoms with Crippen LogP contribution in [0, 0.1) is 0 Å². The molecule has 0 amide bonds. The Morgan fingerprint density at radius 3 is 2.70 bits per heavy atom. The Labute approximate surface area is 128 Å². The van der Waals surface area contributed by atoms with Crippen molar-refractivity contribution in [1.82, 2.24) is 9.97 Å². The van der Waals surface area contributed by atoms with Crippen molar-refractivity contribution in [3.63, 3.8) is 0 Å². The third-order valence-electron chi connectivity index (χ3n) is 2.89. The highest BCUT2D eigenvalue weighted by Crippen LogP contribution is 2.22. The van der Waals surface area contributed by atoms with Gasteiger partial charge in [0.1, 0.15) is 11.6 Å². The summed E-state index contributed by atoms with van der Waals surface area (Å²) < 4.78 is 0. The fourth-order valence-corrected chi connectivity index (χ4v) is 2.36. The molecule has 106 valence electrons. The van der Waals surface area contributed by atoms with Gasteiger partial charge in [0, 0.05) is 31.7 Å². The van der Waals surface area contributed by atoms with Crippen LogP contribution in [-0.4, -0.2) is 30.3 Å². The van der Waals surface area contributed by atoms with Crippen LogP contribution in [0.5, 0.6) is 0 Å². The van der Waals surface area contributed by atoms with Crippen LogP contribution in [0.25, 0.3) is 0 Å². The maximum Gasteiger partial charge on any atom is 0.191 e. The lowest BCUT2D eigenvalue weighted by Gasteiger charge is -2.20. The average Bonchev–Trinajstić information content (AvgIpc) is 2.48. The first-order valence-corrected chi connectivity index (χ1v) is 7.79. The lowest BCUT2D eigenvalue weighted by Crippen LogP contribution is -2.18. The number of aromatic nitrogens is 2. The summed E-state index contributed by atoms with van der Waals surface area (Å²) in [5.74, 6) is 1.68. The standard InChI is InChI=1S/C14H17ClN4S/c1-16-12-8-13(18-14(17-12)20-3)19(2)9-10-6-4-5-7-11(10)15/h4-8H,9H2,1-3H3,(H,16,17,18). The molecule has 1 heterocycles. The summed E-state index contributed by atoms with van der Waals surface area (Å²) in [5.41, 5.74) is 1.08. The zero-order valence-corrected chi connectivity index (χ0v) is 13.3. The van der Waals surface area contributed by atoms with Crippen molar-refractivity contribution in [3.8, 4) is 0 Å². The Hall–Kier alpha value is -1.46. The van der Waals surface area contributed by atoms with Crippen LogP contribution >= 0.6 is 23.4 Å². The second kappa shape index (κ2) is 6.81. The van der Waals surface area contributed by atoms with Gasteiger partial charge >= 0.3 is 0 Å². The number of hydrogen-bond acceptors (Lipinski definition) is 5. The molecule has 1 N–H and O–H groups in total. The highest BCUT2D eigenvalue weighted by atomic mass is 35.5. The van der Waals surface area contributed by atoms with Gasteiger partial charge in [-0.2, -0.15) is 0 Å². The number of rotatable bonds is 5. The fourth-order valence-electron chi connectivity index (χ4n) is 1.79. The van der Waals surface area contributed by atoms with Gasteiger partial charge in [-0.15, -0.1) is 0 Å². The lowest BCUT2D eigenvalue weighted by atomic mass is 10.2. The molecule has 0 spiro atoms. The molecule has 0 saturated heterocycles. The van der Waals surface area contributed by atoms with E-state index < -0.39 is 0 Å². The van der Waals surface area contributed by atoms with Gasteiger partial charge in [-0.25, -0.2) is 9.97 Å². The zero-order valence-electron chi connectivity index (χ0n) is 11.7. The van der Waals surface area contributed by atoms with E-state index in [4.69, 9.17) is 11.6 Å². The quantitative estimate of drug-likeness (QED) is 0.676. The second-order valence-electron chi connectivity index (χ2n) is 4.30. The Morgan fingerprint density at radius 2 is 2.05 bits per heavy atom. The van der Waals surface area contributed by atoms with Gasteiger partial charge in [0.05, 0.1) is 0 Å². The number of benzene rings is 1. The summed E-state index contributed by atoms with van der Waals surface area (Å²) in [6.45, 7) is 0.702. The smallest absolute Gasteiger partial charge is 0.191 e. The number of halogens is 1. The summed E-state index contributed by atoms with van der Waals surface area (Å²) in [6, 6.07) is 9.77. The van der Waals surface area contributed by atoms with E-state index >= 15 is 0 Å². The molecule has 0 unspecified atom stereocenters. The number of nitrogens with zero attached hydrogens (tertiary/aromatic N) is 3. The maximum absolute atomic E-state index is 6.20. The molecule has 1 aromatic carbocycles. The van der Waals surface area contributed by atoms with E-state index in [-0.39, 0.29) is 0 Å². The Balaban J connectivity index is 2.24. The summed E-state index contributed by atoms with van der Waals surface area (Å²) >= 11 is 7.72. The van der Waals surface area contributed by atoms with Crippen molar-refractivity contribution < 1.29 is 0 Å². The van der Waals surface area contributed by atoms with Gasteiger partial charge in [0.15, 0.2) is 5.16 Å². The van der Waals surface area contributed by atoms with Crippen LogP contribution in [0.2, 0.25) is 5.02 Å². The molecule has 20 heavy (non-hydrogen) atoms. The van der Waals surface area contributed by atoms with Crippen molar-refractivity contribution in [3.05, 3.63) is 40.9 Å². The molecule has 0 aliphatic heterocycles. The third kappa shape index (κ3) is 3.55. The lowest BCUT2D eigenvalue weighted by molar-refractivity contribution is 0.858. The van der Waals surface area contributed by atoms with E-state index in [1.807, 2.05) is 50.7 Å². The summed E-state index contributed by atoms with van der Waals surface area (Å²) in [7, 11) is 3.85. The zero-order chi connectivity index (χ0) is 14.5. The molecule has 0 fully saturated rings. The minimum atomic E-state index is 0.702. The van der Waals surface area contributed by atoms with Crippen molar-refractivity contribution >= 4 is 35.0 Å². The minimum absolute atomic E-state index is 0.702. The fraction of sp³-hybridized carbons (Fsp3) is 0.286. The predicted molar refractivity (Wildman–Crippen MR) is 86.9 cm³/mol. The molecule has 0 aliphatic carbocycles. The van der Waals surface area contributed by atoms with Crippen molar-refractivity contribution in [2.24, 2.45) is 0 Å². The number of anilines is 2. The van der Waals surface area contributed by atoms with Crippen LogP contribution in [0.1, 0.15) is 5.56 Å². The molecule has 4 nitrogen and oxygen atoms in total. The summed E-state index contributed by atoms with van der Waals surface area (Å²) in [5, 5.41) is 4.57. The van der Waals surface area contributed by atoms with E-state index in [0.29, 0.717) is 6.54 Å². The molecular weight excluding hydrogens is 292 g/mol. The molecule has 2 aromatic rings. The van der Waals surface area contributed by atoms with E-state index in [1.54, 1.807) is 0 Å². The third-order valence-corrected chi connectivity index (χ3v) is 3.80. The van der Waals surface area contributed by atoms with Crippen LogP contribution in [0.15, 0.2) is 35.5 Å². The van der Waals surface area contributed by atoms with Crippen molar-refractivity contribution in [2.45, 2.75) is 11.7 Å². The average molecular weight is 309 g/mol. The van der Waals surface area contributed by atoms with E-state index in [0.717, 1.165) is 27.4 Å². The molecule has 2 rings (SSSR count). The molecule has 0 atom stereocenters. The minimum Gasteiger partial charge on any atom is -0.373 e. The highest BCUT2D eigenvalue weighted by Gasteiger charge is 2.09. The van der Waals surface area contributed by atoms with E-state index in [9.17, 15) is 0 Å². The Morgan fingerprint density at radius 1 is 1.30 bits per heavy atom. The normalized spacial score (nSPS) is 10.4. The van der Waals surface area contributed by atoms with Crippen molar-refractivity contribution in [2.75, 3.05) is 30.6 Å². The van der Waals surface area contributed by atoms with Crippen molar-refractivity contribution in [1.29, 1.82) is 0 Å². The van der Waals surface area contributed by atoms with E-state index in [2.05, 4.69) is 20.2 Å². The van der Waals surface area contributed by atoms with Crippen LogP contribution < -0.4 is 10.2 Å². The first-order chi connectivity index (χ1) is 9.63. The summed E-state index contributed by atoms with van der Waals surface area (Å²) in [6.07, 6.45) is 1.96. The first kappa shape index (κ1) is 14.9. The molecular formula is C14H17ClN4S. The van der Waals surface area contributed by atoms with Gasteiger partial charge in [-0.1, -0.05) is 41.6 Å². The van der Waals surface area contributed by atoms with Gasteiger partial charge in [-0.3, -0.25) is 0 Å². The molecule has 0 bridgehead atoms. The van der Waals surface area contributed by atoms with Gasteiger partial charge < -0.3 is 10.2 Å². The monoisotopic (exact) mass is 308 g/mol. The maximum atomic E-state index is 6.20. The molecule has 0 radical (unpaired) electrons. The number of nitrogens with one attached hydrogen (secondary N) is 1. The molecule has 1 aromatic heterocycles.